The molecule has 48 heavy (non-hydrogen) atoms. The van der Waals surface area contributed by atoms with E-state index in [4.69, 9.17) is 9.47 Å². The van der Waals surface area contributed by atoms with E-state index < -0.39 is 17.8 Å². The number of benzene rings is 4. The van der Waals surface area contributed by atoms with E-state index >= 15 is 0 Å². The maximum Gasteiger partial charge on any atom is 0.335 e. The second-order valence-corrected chi connectivity index (χ2v) is 13.0. The number of hydrogen-bond acceptors (Lipinski definition) is 6. The Morgan fingerprint density at radius 1 is 0.812 bits per heavy atom. The van der Waals surface area contributed by atoms with Crippen molar-refractivity contribution in [3.8, 4) is 11.5 Å². The number of carbonyl (C=O) groups is 3. The highest BCUT2D eigenvalue weighted by molar-refractivity contribution is 9.10. The Hall–Kier alpha value is -4.89. The minimum Gasteiger partial charge on any atom is -0.490 e. The highest BCUT2D eigenvalue weighted by Gasteiger charge is 2.40. The third-order valence-electron chi connectivity index (χ3n) is 9.29. The normalized spacial score (nSPS) is 19.6. The Morgan fingerprint density at radius 2 is 1.40 bits per heavy atom. The van der Waals surface area contributed by atoms with Crippen LogP contribution in [0.15, 0.2) is 95.0 Å². The van der Waals surface area contributed by atoms with E-state index in [1.807, 2.05) is 62.4 Å². The minimum absolute atomic E-state index is 0.0865. The molecule has 0 aromatic heterocycles. The predicted octanol–water partition coefficient (Wildman–Crippen LogP) is 7.79. The quantitative estimate of drug-likeness (QED) is 0.149. The molecule has 4 amide bonds. The zero-order valence-corrected chi connectivity index (χ0v) is 28.5. The molecule has 0 radical (unpaired) electrons. The fourth-order valence-electron chi connectivity index (χ4n) is 7.25. The van der Waals surface area contributed by atoms with E-state index in [0.29, 0.717) is 40.4 Å². The molecule has 3 aliphatic heterocycles. The van der Waals surface area contributed by atoms with Crippen LogP contribution in [0.5, 0.6) is 11.5 Å². The van der Waals surface area contributed by atoms with Crippen LogP contribution in [0.25, 0.3) is 6.08 Å². The second kappa shape index (κ2) is 13.3. The number of imide groups is 2. The van der Waals surface area contributed by atoms with Gasteiger partial charge in [0.05, 0.1) is 23.4 Å². The Bertz CT molecular complexity index is 1850. The number of rotatable bonds is 8. The fraction of sp³-hybridized carbons (Fsp3) is 0.256. The first-order valence-corrected chi connectivity index (χ1v) is 17.2. The molecule has 7 rings (SSSR count). The van der Waals surface area contributed by atoms with E-state index in [-0.39, 0.29) is 17.4 Å². The molecule has 0 aliphatic carbocycles. The topological polar surface area (TPSA) is 88.2 Å². The number of barbiturate groups is 1. The highest BCUT2D eigenvalue weighted by Crippen LogP contribution is 2.50. The molecule has 4 aromatic carbocycles. The lowest BCUT2D eigenvalue weighted by atomic mass is 9.76. The van der Waals surface area contributed by atoms with Crippen LogP contribution in [0, 0.1) is 0 Å². The van der Waals surface area contributed by atoms with Gasteiger partial charge in [0.2, 0.25) is 0 Å². The van der Waals surface area contributed by atoms with Crippen LogP contribution in [0.4, 0.5) is 16.2 Å². The van der Waals surface area contributed by atoms with Crippen LogP contribution in [-0.2, 0) is 9.59 Å². The molecule has 1 N–H and O–H groups in total. The molecule has 9 heteroatoms. The number of carbonyl (C=O) groups excluding carboxylic acids is 3. The van der Waals surface area contributed by atoms with Crippen molar-refractivity contribution in [1.82, 2.24) is 5.32 Å². The monoisotopic (exact) mass is 705 g/mol. The molecular formula is C39H36BrN3O5. The first-order valence-electron chi connectivity index (χ1n) is 16.4. The van der Waals surface area contributed by atoms with Crippen molar-refractivity contribution in [3.05, 3.63) is 123 Å². The maximum atomic E-state index is 14.3. The van der Waals surface area contributed by atoms with Gasteiger partial charge in [0.15, 0.2) is 11.5 Å². The molecule has 3 aliphatic rings. The van der Waals surface area contributed by atoms with Gasteiger partial charge in [0.25, 0.3) is 11.8 Å². The van der Waals surface area contributed by atoms with E-state index in [0.717, 1.165) is 42.0 Å². The van der Waals surface area contributed by atoms with E-state index in [1.54, 1.807) is 12.1 Å². The predicted molar refractivity (Wildman–Crippen MR) is 190 cm³/mol. The number of urea groups is 1. The SMILES string of the molecule is CCOc1cc(/C=C2\C(=O)NC(=O)N(c3cc4c5c(c3)[C@H](c3ccccc3)CCN5CC[C@H]4c3ccccc3)C2=O)cc(Br)c1OCC. The van der Waals surface area contributed by atoms with Crippen molar-refractivity contribution in [2.45, 2.75) is 38.5 Å². The Morgan fingerprint density at radius 3 is 1.96 bits per heavy atom. The number of amides is 4. The maximum absolute atomic E-state index is 14.3. The van der Waals surface area contributed by atoms with Crippen molar-refractivity contribution >= 4 is 51.2 Å². The Labute approximate surface area is 288 Å². The van der Waals surface area contributed by atoms with Crippen molar-refractivity contribution in [2.75, 3.05) is 36.1 Å². The molecule has 0 spiro atoms. The molecule has 1 saturated heterocycles. The van der Waals surface area contributed by atoms with Crippen molar-refractivity contribution in [2.24, 2.45) is 0 Å². The standard InChI is InChI=1S/C39H36BrN3O5/c1-3-47-34-21-24(20-33(40)36(34)48-4-2)19-32-37(44)41-39(46)43(38(32)45)27-22-30-28(25-11-7-5-8-12-25)15-17-42-18-16-29(31(23-27)35(30)42)26-13-9-6-10-14-26/h5-14,19-23,28-29H,3-4,15-18H2,1-2H3,(H,41,44,46)/b32-19+/t28-,29-/m0/s1. The van der Waals surface area contributed by atoms with Gasteiger partial charge in [-0.3, -0.25) is 14.9 Å². The van der Waals surface area contributed by atoms with Crippen molar-refractivity contribution in [3.63, 3.8) is 0 Å². The third-order valence-corrected chi connectivity index (χ3v) is 9.88. The van der Waals surface area contributed by atoms with Gasteiger partial charge in [-0.2, -0.15) is 0 Å². The molecule has 3 heterocycles. The largest absolute Gasteiger partial charge is 0.490 e. The average Bonchev–Trinajstić information content (AvgIpc) is 3.09. The number of nitrogens with zero attached hydrogens (tertiary/aromatic N) is 2. The van der Waals surface area contributed by atoms with Gasteiger partial charge in [-0.15, -0.1) is 0 Å². The molecule has 0 bridgehead atoms. The van der Waals surface area contributed by atoms with Crippen LogP contribution >= 0.6 is 15.9 Å². The first kappa shape index (κ1) is 31.7. The fourth-order valence-corrected chi connectivity index (χ4v) is 7.82. The summed E-state index contributed by atoms with van der Waals surface area (Å²) in [6.07, 6.45) is 3.31. The van der Waals surface area contributed by atoms with Crippen LogP contribution in [0.1, 0.15) is 66.3 Å². The minimum atomic E-state index is -0.770. The summed E-state index contributed by atoms with van der Waals surface area (Å²) in [5.74, 6) is -0.244. The summed E-state index contributed by atoms with van der Waals surface area (Å²) >= 11 is 3.54. The number of ether oxygens (including phenoxy) is 2. The molecule has 1 fully saturated rings. The highest BCUT2D eigenvalue weighted by atomic mass is 79.9. The van der Waals surface area contributed by atoms with Gasteiger partial charge in [0.1, 0.15) is 5.57 Å². The summed E-state index contributed by atoms with van der Waals surface area (Å²) in [5, 5.41) is 2.42. The molecule has 4 aromatic rings. The molecule has 8 nitrogen and oxygen atoms in total. The van der Waals surface area contributed by atoms with Gasteiger partial charge in [0, 0.05) is 30.6 Å². The molecule has 2 atom stereocenters. The van der Waals surface area contributed by atoms with Crippen LogP contribution in [0.3, 0.4) is 0 Å². The molecule has 0 saturated carbocycles. The summed E-state index contributed by atoms with van der Waals surface area (Å²) in [6.45, 7) is 6.43. The number of hydrogen-bond donors (Lipinski definition) is 1. The van der Waals surface area contributed by atoms with Gasteiger partial charge in [-0.1, -0.05) is 60.7 Å². The first-order chi connectivity index (χ1) is 23.4. The lowest BCUT2D eigenvalue weighted by molar-refractivity contribution is -0.122. The molecule has 0 unspecified atom stereocenters. The zero-order valence-electron chi connectivity index (χ0n) is 26.9. The lowest BCUT2D eigenvalue weighted by Gasteiger charge is -2.44. The lowest BCUT2D eigenvalue weighted by Crippen LogP contribution is -2.54. The van der Waals surface area contributed by atoms with E-state index in [1.165, 1.54) is 22.9 Å². The molecule has 244 valence electrons. The van der Waals surface area contributed by atoms with E-state index in [9.17, 15) is 14.4 Å². The van der Waals surface area contributed by atoms with Gasteiger partial charge in [-0.05, 0) is 101 Å². The van der Waals surface area contributed by atoms with Gasteiger partial charge < -0.3 is 14.4 Å². The number of nitrogens with one attached hydrogen (secondary N) is 1. The van der Waals surface area contributed by atoms with E-state index in [2.05, 4.69) is 50.4 Å². The Balaban J connectivity index is 1.36. The van der Waals surface area contributed by atoms with Crippen LogP contribution in [0.2, 0.25) is 0 Å². The summed E-state index contributed by atoms with van der Waals surface area (Å²) in [6, 6.07) is 27.4. The second-order valence-electron chi connectivity index (χ2n) is 12.1. The summed E-state index contributed by atoms with van der Waals surface area (Å²) < 4.78 is 12.2. The van der Waals surface area contributed by atoms with Gasteiger partial charge in [-0.25, -0.2) is 9.69 Å². The van der Waals surface area contributed by atoms with Gasteiger partial charge >= 0.3 is 6.03 Å². The average molecular weight is 707 g/mol. The number of anilines is 2. The third kappa shape index (κ3) is 5.76. The van der Waals surface area contributed by atoms with Crippen molar-refractivity contribution in [1.29, 1.82) is 0 Å². The number of halogens is 1. The smallest absolute Gasteiger partial charge is 0.335 e. The van der Waals surface area contributed by atoms with Crippen molar-refractivity contribution < 1.29 is 23.9 Å². The van der Waals surface area contributed by atoms with Crippen LogP contribution in [-0.4, -0.2) is 44.1 Å². The Kier molecular flexibility index (Phi) is 8.79. The van der Waals surface area contributed by atoms with Crippen LogP contribution < -0.4 is 24.6 Å². The summed E-state index contributed by atoms with van der Waals surface area (Å²) in [4.78, 5) is 44.6. The summed E-state index contributed by atoms with van der Waals surface area (Å²) in [5.41, 5.74) is 6.56. The molecular weight excluding hydrogens is 670 g/mol. The summed E-state index contributed by atoms with van der Waals surface area (Å²) in [7, 11) is 0. The zero-order chi connectivity index (χ0) is 33.4.